The van der Waals surface area contributed by atoms with Crippen LogP contribution in [0, 0.1) is 20.2 Å². The van der Waals surface area contributed by atoms with E-state index in [4.69, 9.17) is 35.3 Å². The molecule has 6 rings (SSSR count). The molecule has 8 atom stereocenters. The van der Waals surface area contributed by atoms with E-state index in [2.05, 4.69) is 19.6 Å². The molecule has 0 radical (unpaired) electrons. The van der Waals surface area contributed by atoms with E-state index in [1.165, 1.54) is 23.5 Å². The second kappa shape index (κ2) is 17.2. The number of ether oxygens (including phenoxy) is 5. The molecular formula is C26H29ClN4O14S2. The first kappa shape index (κ1) is 36.5. The molecule has 256 valence electrons. The van der Waals surface area contributed by atoms with Crippen LogP contribution in [-0.2, 0) is 33.4 Å². The normalized spacial score (nSPS) is 28.4. The fraction of sp³-hybridized carbons (Fsp3) is 0.538. The molecule has 0 aromatic carbocycles. The SMILES string of the molecule is CSc1ncccc1C(=O)Cl.CSc1ncccc1C(=O)O[C@H]1CO[C@H]2[C@@H]1OC[C@H]2O[N+](=O)[O-].O=[N+]([O-])O[C@@H]1CO[C@H]2[C@@H]1OC[C@@H]2O. The van der Waals surface area contributed by atoms with Gasteiger partial charge in [-0.3, -0.25) is 4.79 Å². The maximum Gasteiger partial charge on any atom is 0.341 e. The molecule has 0 saturated carbocycles. The Labute approximate surface area is 279 Å². The van der Waals surface area contributed by atoms with Gasteiger partial charge in [0, 0.05) is 12.4 Å². The number of hydrogen-bond donors (Lipinski definition) is 1. The highest BCUT2D eigenvalue weighted by molar-refractivity contribution is 7.98. The molecule has 4 aliphatic heterocycles. The zero-order chi connectivity index (χ0) is 34.1. The van der Waals surface area contributed by atoms with Crippen LogP contribution in [0.25, 0.3) is 0 Å². The summed E-state index contributed by atoms with van der Waals surface area (Å²) in [7, 11) is 0. The van der Waals surface area contributed by atoms with Crippen LogP contribution in [0.4, 0.5) is 0 Å². The largest absolute Gasteiger partial charge is 0.453 e. The molecule has 47 heavy (non-hydrogen) atoms. The van der Waals surface area contributed by atoms with E-state index in [1.807, 2.05) is 12.5 Å². The maximum absolute atomic E-state index is 12.3. The Kier molecular flexibility index (Phi) is 13.3. The number of aliphatic hydroxyl groups is 1. The molecule has 21 heteroatoms. The summed E-state index contributed by atoms with van der Waals surface area (Å²) in [6.45, 7) is 0.362. The fourth-order valence-corrected chi connectivity index (χ4v) is 6.28. The molecule has 0 unspecified atom stereocenters. The predicted octanol–water partition coefficient (Wildman–Crippen LogP) is 1.61. The highest BCUT2D eigenvalue weighted by atomic mass is 35.5. The molecular weight excluding hydrogens is 692 g/mol. The molecule has 18 nitrogen and oxygen atoms in total. The van der Waals surface area contributed by atoms with Crippen molar-refractivity contribution in [1.29, 1.82) is 0 Å². The zero-order valence-electron chi connectivity index (χ0n) is 24.6. The quantitative estimate of drug-likeness (QED) is 0.127. The van der Waals surface area contributed by atoms with Crippen LogP contribution < -0.4 is 0 Å². The van der Waals surface area contributed by atoms with Gasteiger partial charge in [0.2, 0.25) is 0 Å². The van der Waals surface area contributed by atoms with Crippen LogP contribution in [0.2, 0.25) is 0 Å². The number of nitrogens with zero attached hydrogens (tertiary/aromatic N) is 4. The van der Waals surface area contributed by atoms with Crippen molar-refractivity contribution in [1.82, 2.24) is 9.97 Å². The summed E-state index contributed by atoms with van der Waals surface area (Å²) in [5.74, 6) is -0.529. The van der Waals surface area contributed by atoms with Crippen molar-refractivity contribution < 1.29 is 58.2 Å². The van der Waals surface area contributed by atoms with Crippen molar-refractivity contribution in [3.63, 3.8) is 0 Å². The minimum atomic E-state index is -0.876. The van der Waals surface area contributed by atoms with Gasteiger partial charge >= 0.3 is 5.97 Å². The predicted molar refractivity (Wildman–Crippen MR) is 160 cm³/mol. The molecule has 0 aliphatic carbocycles. The van der Waals surface area contributed by atoms with E-state index in [1.54, 1.807) is 36.7 Å². The number of hydrogen-bond acceptors (Lipinski definition) is 18. The number of esters is 1. The summed E-state index contributed by atoms with van der Waals surface area (Å²) < 4.78 is 26.5. The number of rotatable bonds is 9. The van der Waals surface area contributed by atoms with E-state index in [9.17, 15) is 34.9 Å². The number of halogens is 1. The lowest BCUT2D eigenvalue weighted by Gasteiger charge is -2.17. The van der Waals surface area contributed by atoms with Gasteiger partial charge in [-0.05, 0) is 48.4 Å². The first-order valence-electron chi connectivity index (χ1n) is 13.7. The maximum atomic E-state index is 12.3. The standard InChI is InChI=1S/C13H14N2O7S.C7H6ClNOS.C6H9NO6/c1-23-12-7(3-2-4-14-12)13(16)21-8-5-19-11-9(22-15(17)18)6-20-10(8)11;1-11-7-5(6(8)10)3-2-4-9-7;8-3-1-11-6-4(13-7(9)10)2-12-5(3)6/h2-4,8-11H,5-6H2,1H3;2-4H,1H3;3-6,8H,1-2H2/t8-,9+,10+,11+;;3-,4+,5+,6+/m0.0/s1. The van der Waals surface area contributed by atoms with Gasteiger partial charge in [0.05, 0.1) is 37.6 Å². The Bertz CT molecular complexity index is 1430. The van der Waals surface area contributed by atoms with E-state index >= 15 is 0 Å². The van der Waals surface area contributed by atoms with Crippen LogP contribution in [-0.4, -0.2) is 124 Å². The second-order valence-corrected chi connectivity index (χ2v) is 11.8. The molecule has 0 spiro atoms. The number of aromatic nitrogens is 2. The molecule has 4 aliphatic rings. The Morgan fingerprint density at radius 1 is 0.809 bits per heavy atom. The van der Waals surface area contributed by atoms with Crippen LogP contribution in [0.3, 0.4) is 0 Å². The number of carbonyl (C=O) groups is 2. The second-order valence-electron chi connectivity index (χ2n) is 9.83. The smallest absolute Gasteiger partial charge is 0.341 e. The third-order valence-corrected chi connectivity index (χ3v) is 8.63. The lowest BCUT2D eigenvalue weighted by molar-refractivity contribution is -0.769. The van der Waals surface area contributed by atoms with Crippen LogP contribution in [0.5, 0.6) is 0 Å². The Morgan fingerprint density at radius 2 is 1.26 bits per heavy atom. The van der Waals surface area contributed by atoms with Gasteiger partial charge < -0.3 is 38.5 Å². The lowest BCUT2D eigenvalue weighted by atomic mass is 10.1. The van der Waals surface area contributed by atoms with Gasteiger partial charge in [0.25, 0.3) is 15.4 Å². The fourth-order valence-electron chi connectivity index (χ4n) is 4.99. The van der Waals surface area contributed by atoms with Gasteiger partial charge in [-0.25, -0.2) is 14.8 Å². The summed E-state index contributed by atoms with van der Waals surface area (Å²) >= 11 is 8.04. The third kappa shape index (κ3) is 9.38. The molecule has 6 heterocycles. The van der Waals surface area contributed by atoms with Crippen molar-refractivity contribution in [2.75, 3.05) is 38.9 Å². The molecule has 0 bridgehead atoms. The molecule has 0 amide bonds. The van der Waals surface area contributed by atoms with Crippen LogP contribution >= 0.6 is 35.1 Å². The van der Waals surface area contributed by atoms with Crippen molar-refractivity contribution in [2.24, 2.45) is 0 Å². The van der Waals surface area contributed by atoms with Gasteiger partial charge in [0.15, 0.2) is 18.3 Å². The average molecular weight is 721 g/mol. The molecule has 4 fully saturated rings. The van der Waals surface area contributed by atoms with Crippen molar-refractivity contribution in [3.05, 3.63) is 68.0 Å². The first-order chi connectivity index (χ1) is 22.5. The molecule has 1 N–H and O–H groups in total. The van der Waals surface area contributed by atoms with E-state index < -0.39 is 70.2 Å². The van der Waals surface area contributed by atoms with Crippen molar-refractivity contribution >= 4 is 46.3 Å². The molecule has 2 aromatic rings. The third-order valence-electron chi connectivity index (χ3n) is 7.01. The Hall–Kier alpha value is -3.37. The van der Waals surface area contributed by atoms with E-state index in [-0.39, 0.29) is 26.4 Å². The summed E-state index contributed by atoms with van der Waals surface area (Å²) in [5, 5.41) is 28.8. The molecule has 4 saturated heterocycles. The van der Waals surface area contributed by atoms with Gasteiger partial charge in [-0.15, -0.1) is 43.8 Å². The topological polar surface area (TPSA) is 231 Å². The highest BCUT2D eigenvalue weighted by Gasteiger charge is 2.51. The van der Waals surface area contributed by atoms with E-state index in [0.717, 1.165) is 0 Å². The minimum Gasteiger partial charge on any atom is -0.453 e. The van der Waals surface area contributed by atoms with Crippen molar-refractivity contribution in [3.8, 4) is 0 Å². The number of fused-ring (bicyclic) bond motifs is 2. The number of thioether (sulfide) groups is 2. The first-order valence-corrected chi connectivity index (χ1v) is 16.5. The lowest BCUT2D eigenvalue weighted by Crippen LogP contribution is -2.35. The summed E-state index contributed by atoms with van der Waals surface area (Å²) in [4.78, 5) is 60.4. The van der Waals surface area contributed by atoms with Gasteiger partial charge in [-0.1, -0.05) is 0 Å². The monoisotopic (exact) mass is 720 g/mol. The Morgan fingerprint density at radius 3 is 1.77 bits per heavy atom. The van der Waals surface area contributed by atoms with Crippen molar-refractivity contribution in [2.45, 2.75) is 58.9 Å². The Balaban J connectivity index is 0.000000176. The summed E-state index contributed by atoms with van der Waals surface area (Å²) in [5.41, 5.74) is 0.834. The summed E-state index contributed by atoms with van der Waals surface area (Å²) in [6.07, 6.45) is 1.85. The van der Waals surface area contributed by atoms with Gasteiger partial charge in [-0.2, -0.15) is 0 Å². The van der Waals surface area contributed by atoms with E-state index in [0.29, 0.717) is 21.2 Å². The number of pyridine rings is 2. The summed E-state index contributed by atoms with van der Waals surface area (Å²) in [6, 6.07) is 6.63. The average Bonchev–Trinajstić information content (AvgIpc) is 3.83. The zero-order valence-corrected chi connectivity index (χ0v) is 27.0. The highest BCUT2D eigenvalue weighted by Crippen LogP contribution is 2.32. The van der Waals surface area contributed by atoms with Crippen LogP contribution in [0.1, 0.15) is 20.7 Å². The number of aliphatic hydroxyl groups excluding tert-OH is 1. The van der Waals surface area contributed by atoms with Gasteiger partial charge in [0.1, 0.15) is 40.6 Å². The van der Waals surface area contributed by atoms with Crippen LogP contribution in [0.15, 0.2) is 46.7 Å². The molecule has 2 aromatic heterocycles. The minimum absolute atomic E-state index is 0.0211. The number of carbonyl (C=O) groups excluding carboxylic acids is 2.